The van der Waals surface area contributed by atoms with E-state index in [0.29, 0.717) is 17.3 Å². The maximum Gasteiger partial charge on any atom is 0.210 e. The normalized spacial score (nSPS) is 12.9. The minimum atomic E-state index is -1.04. The maximum absolute atomic E-state index is 11.5. The molecule has 1 aromatic rings. The van der Waals surface area contributed by atoms with Crippen molar-refractivity contribution in [3.8, 4) is 0 Å². The molecule has 1 aromatic heterocycles. The minimum Gasteiger partial charge on any atom is -0.385 e. The van der Waals surface area contributed by atoms with Crippen molar-refractivity contribution in [2.45, 2.75) is 32.9 Å². The van der Waals surface area contributed by atoms with E-state index in [1.807, 2.05) is 6.92 Å². The fraction of sp³-hybridized carbons (Fsp3) is 0.556. The number of hydrogen-bond donors (Lipinski definition) is 1. The number of hydrogen-bond acceptors (Lipinski definition) is 3. The van der Waals surface area contributed by atoms with Crippen molar-refractivity contribution >= 4 is 17.4 Å². The predicted molar refractivity (Wildman–Crippen MR) is 53.5 cm³/mol. The van der Waals surface area contributed by atoms with Crippen LogP contribution in [0.3, 0.4) is 0 Å². The third kappa shape index (κ3) is 2.13. The number of ketones is 1. The number of nitrogens with zero attached hydrogens (tertiary/aromatic N) is 2. The molecule has 1 heterocycles. The highest BCUT2D eigenvalue weighted by Crippen LogP contribution is 2.17. The molecule has 0 aliphatic carbocycles. The molecule has 0 aromatic carbocycles. The molecule has 0 saturated carbocycles. The second-order valence-corrected chi connectivity index (χ2v) is 3.51. The van der Waals surface area contributed by atoms with Crippen LogP contribution in [0.15, 0.2) is 6.20 Å². The molecule has 5 heteroatoms. The van der Waals surface area contributed by atoms with Gasteiger partial charge in [-0.05, 0) is 13.3 Å². The Kier molecular flexibility index (Phi) is 3.66. The molecule has 1 atom stereocenters. The molecule has 14 heavy (non-hydrogen) atoms. The van der Waals surface area contributed by atoms with Crippen molar-refractivity contribution in [1.82, 2.24) is 9.78 Å². The van der Waals surface area contributed by atoms with Crippen LogP contribution in [0.2, 0.25) is 5.02 Å². The van der Waals surface area contributed by atoms with E-state index < -0.39 is 6.10 Å². The Morgan fingerprint density at radius 2 is 2.43 bits per heavy atom. The van der Waals surface area contributed by atoms with E-state index in [9.17, 15) is 4.79 Å². The lowest BCUT2D eigenvalue weighted by molar-refractivity contribution is 0.0768. The van der Waals surface area contributed by atoms with Crippen molar-refractivity contribution < 1.29 is 9.90 Å². The monoisotopic (exact) mass is 216 g/mol. The van der Waals surface area contributed by atoms with E-state index in [2.05, 4.69) is 5.10 Å². The number of aliphatic hydroxyl groups excluding tert-OH is 1. The summed E-state index contributed by atoms with van der Waals surface area (Å²) in [5.41, 5.74) is 0.295. The summed E-state index contributed by atoms with van der Waals surface area (Å²) in [6, 6.07) is 0. The second kappa shape index (κ2) is 4.57. The SMILES string of the molecule is CCCn1ncc(Cl)c1C(=O)C(C)O. The van der Waals surface area contributed by atoms with Gasteiger partial charge < -0.3 is 5.11 Å². The van der Waals surface area contributed by atoms with Crippen LogP contribution in [-0.4, -0.2) is 26.8 Å². The molecule has 1 unspecified atom stereocenters. The van der Waals surface area contributed by atoms with Gasteiger partial charge in [-0.3, -0.25) is 9.48 Å². The number of halogens is 1. The summed E-state index contributed by atoms with van der Waals surface area (Å²) in [6.45, 7) is 4.02. The summed E-state index contributed by atoms with van der Waals surface area (Å²) in [6.07, 6.45) is 1.24. The molecule has 0 amide bonds. The lowest BCUT2D eigenvalue weighted by atomic mass is 10.2. The van der Waals surface area contributed by atoms with E-state index in [4.69, 9.17) is 16.7 Å². The van der Waals surface area contributed by atoms with Gasteiger partial charge in [0.1, 0.15) is 11.8 Å². The van der Waals surface area contributed by atoms with Crippen molar-refractivity contribution in [2.75, 3.05) is 0 Å². The van der Waals surface area contributed by atoms with E-state index in [1.54, 1.807) is 0 Å². The molecule has 78 valence electrons. The molecular formula is C9H13ClN2O2. The van der Waals surface area contributed by atoms with Crippen LogP contribution in [0.25, 0.3) is 0 Å². The topological polar surface area (TPSA) is 55.1 Å². The highest BCUT2D eigenvalue weighted by Gasteiger charge is 2.20. The Hall–Kier alpha value is -0.870. The Labute approximate surface area is 87.5 Å². The van der Waals surface area contributed by atoms with Gasteiger partial charge in [-0.25, -0.2) is 0 Å². The first-order valence-corrected chi connectivity index (χ1v) is 4.89. The van der Waals surface area contributed by atoms with Gasteiger partial charge in [0.05, 0.1) is 11.2 Å². The predicted octanol–water partition coefficient (Wildman–Crippen LogP) is 1.51. The number of aryl methyl sites for hydroxylation is 1. The third-order valence-electron chi connectivity index (χ3n) is 1.84. The molecule has 4 nitrogen and oxygen atoms in total. The number of carbonyl (C=O) groups excluding carboxylic acids is 1. The Balaban J connectivity index is 3.04. The number of aliphatic hydroxyl groups is 1. The van der Waals surface area contributed by atoms with Gasteiger partial charge >= 0.3 is 0 Å². The molecule has 1 rings (SSSR count). The lowest BCUT2D eigenvalue weighted by Crippen LogP contribution is -2.21. The fourth-order valence-corrected chi connectivity index (χ4v) is 1.42. The van der Waals surface area contributed by atoms with Gasteiger partial charge in [-0.1, -0.05) is 18.5 Å². The lowest BCUT2D eigenvalue weighted by Gasteiger charge is -2.07. The standard InChI is InChI=1S/C9H13ClN2O2/c1-3-4-12-8(7(10)5-11-12)9(14)6(2)13/h5-6,13H,3-4H2,1-2H3. The van der Waals surface area contributed by atoms with Crippen molar-refractivity contribution in [1.29, 1.82) is 0 Å². The maximum atomic E-state index is 11.5. The molecule has 0 aliphatic rings. The van der Waals surface area contributed by atoms with E-state index in [0.717, 1.165) is 6.42 Å². The van der Waals surface area contributed by atoms with Crippen LogP contribution in [-0.2, 0) is 6.54 Å². The molecule has 1 N–H and O–H groups in total. The summed E-state index contributed by atoms with van der Waals surface area (Å²) < 4.78 is 1.53. The minimum absolute atomic E-state index is 0.295. The fourth-order valence-electron chi connectivity index (χ4n) is 1.19. The Morgan fingerprint density at radius 1 is 1.79 bits per heavy atom. The van der Waals surface area contributed by atoms with Gasteiger partial charge in [-0.15, -0.1) is 0 Å². The van der Waals surface area contributed by atoms with E-state index >= 15 is 0 Å². The molecule has 0 bridgehead atoms. The van der Waals surface area contributed by atoms with Gasteiger partial charge in [-0.2, -0.15) is 5.10 Å². The summed E-state index contributed by atoms with van der Waals surface area (Å²) in [7, 11) is 0. The number of aromatic nitrogens is 2. The average Bonchev–Trinajstić information content (AvgIpc) is 2.47. The average molecular weight is 217 g/mol. The van der Waals surface area contributed by atoms with Crippen LogP contribution in [0, 0.1) is 0 Å². The van der Waals surface area contributed by atoms with Gasteiger partial charge in [0, 0.05) is 6.54 Å². The van der Waals surface area contributed by atoms with Crippen molar-refractivity contribution in [3.63, 3.8) is 0 Å². The zero-order valence-corrected chi connectivity index (χ0v) is 8.95. The Bertz CT molecular complexity index is 334. The number of rotatable bonds is 4. The van der Waals surface area contributed by atoms with E-state index in [-0.39, 0.29) is 5.78 Å². The van der Waals surface area contributed by atoms with Gasteiger partial charge in [0.25, 0.3) is 0 Å². The van der Waals surface area contributed by atoms with Crippen LogP contribution in [0.4, 0.5) is 0 Å². The van der Waals surface area contributed by atoms with Crippen LogP contribution < -0.4 is 0 Å². The summed E-state index contributed by atoms with van der Waals surface area (Å²) >= 11 is 5.80. The molecule has 0 spiro atoms. The quantitative estimate of drug-likeness (QED) is 0.777. The third-order valence-corrected chi connectivity index (χ3v) is 2.12. The molecule has 0 fully saturated rings. The van der Waals surface area contributed by atoms with Gasteiger partial charge in [0.15, 0.2) is 0 Å². The van der Waals surface area contributed by atoms with E-state index in [1.165, 1.54) is 17.8 Å². The first-order valence-electron chi connectivity index (χ1n) is 4.51. The Morgan fingerprint density at radius 3 is 2.93 bits per heavy atom. The largest absolute Gasteiger partial charge is 0.385 e. The second-order valence-electron chi connectivity index (χ2n) is 3.10. The first-order chi connectivity index (χ1) is 6.57. The molecule has 0 aliphatic heterocycles. The smallest absolute Gasteiger partial charge is 0.210 e. The zero-order valence-electron chi connectivity index (χ0n) is 8.20. The van der Waals surface area contributed by atoms with Gasteiger partial charge in [0.2, 0.25) is 5.78 Å². The summed E-state index contributed by atoms with van der Waals surface area (Å²) in [4.78, 5) is 11.5. The first kappa shape index (κ1) is 11.2. The summed E-state index contributed by atoms with van der Waals surface area (Å²) in [5, 5.41) is 13.4. The molecular weight excluding hydrogens is 204 g/mol. The number of Topliss-reactive ketones (excluding diaryl/α,β-unsaturated/α-hetero) is 1. The highest BCUT2D eigenvalue weighted by molar-refractivity contribution is 6.33. The molecule has 0 saturated heterocycles. The van der Waals surface area contributed by atoms with Crippen LogP contribution in [0.5, 0.6) is 0 Å². The number of carbonyl (C=O) groups is 1. The zero-order chi connectivity index (χ0) is 10.7. The van der Waals surface area contributed by atoms with Crippen LogP contribution >= 0.6 is 11.6 Å². The van der Waals surface area contributed by atoms with Crippen molar-refractivity contribution in [3.05, 3.63) is 16.9 Å². The summed E-state index contributed by atoms with van der Waals surface area (Å²) in [5.74, 6) is -0.388. The molecule has 0 radical (unpaired) electrons. The highest BCUT2D eigenvalue weighted by atomic mass is 35.5. The van der Waals surface area contributed by atoms with Crippen LogP contribution in [0.1, 0.15) is 30.8 Å². The van der Waals surface area contributed by atoms with Crippen molar-refractivity contribution in [2.24, 2.45) is 0 Å².